The molecule has 2 N–H and O–H groups in total. The molecule has 0 fully saturated rings. The van der Waals surface area contributed by atoms with Gasteiger partial charge in [-0.3, -0.25) is 0 Å². The molecule has 0 radical (unpaired) electrons. The lowest BCUT2D eigenvalue weighted by molar-refractivity contribution is 0.183. The molecule has 0 aliphatic heterocycles. The minimum Gasteiger partial charge on any atom is -0.383 e. The van der Waals surface area contributed by atoms with Crippen LogP contribution in [0.4, 0.5) is 5.82 Å². The molecule has 0 saturated heterocycles. The Morgan fingerprint density at radius 1 is 1.50 bits per heavy atom. The van der Waals surface area contributed by atoms with Crippen molar-refractivity contribution in [2.24, 2.45) is 5.73 Å². The molecular formula is C12H21N3O. The molecular weight excluding hydrogens is 202 g/mol. The number of pyridine rings is 1. The normalized spacial score (nSPS) is 14.6. The smallest absolute Gasteiger partial charge is 0.128 e. The lowest BCUT2D eigenvalue weighted by Gasteiger charge is -2.25. The third kappa shape index (κ3) is 3.18. The van der Waals surface area contributed by atoms with E-state index in [-0.39, 0.29) is 6.04 Å². The van der Waals surface area contributed by atoms with Gasteiger partial charge in [0.2, 0.25) is 0 Å². The molecule has 0 aliphatic carbocycles. The quantitative estimate of drug-likeness (QED) is 0.823. The van der Waals surface area contributed by atoms with Crippen LogP contribution in [0.3, 0.4) is 0 Å². The lowest BCUT2D eigenvalue weighted by Crippen LogP contribution is -2.33. The highest BCUT2D eigenvalue weighted by molar-refractivity contribution is 5.41. The monoisotopic (exact) mass is 223 g/mol. The highest BCUT2D eigenvalue weighted by Gasteiger charge is 2.11. The van der Waals surface area contributed by atoms with Crippen LogP contribution in [0.5, 0.6) is 0 Å². The number of nitrogens with two attached hydrogens (primary N) is 1. The first-order chi connectivity index (χ1) is 7.56. The summed E-state index contributed by atoms with van der Waals surface area (Å²) in [6.45, 7) is 4.75. The van der Waals surface area contributed by atoms with E-state index in [2.05, 4.69) is 16.8 Å². The predicted molar refractivity (Wildman–Crippen MR) is 66.6 cm³/mol. The molecule has 0 bridgehead atoms. The Labute approximate surface area is 97.4 Å². The maximum absolute atomic E-state index is 5.85. The first-order valence-corrected chi connectivity index (χ1v) is 5.49. The molecule has 1 aromatic rings. The van der Waals surface area contributed by atoms with E-state index in [9.17, 15) is 0 Å². The SMILES string of the molecule is COCC(C)N(C)c1cc(C(C)N)ccn1. The molecule has 0 spiro atoms. The van der Waals surface area contributed by atoms with Gasteiger partial charge in [-0.05, 0) is 31.5 Å². The number of rotatable bonds is 5. The molecule has 1 rings (SSSR count). The van der Waals surface area contributed by atoms with Gasteiger partial charge in [0.25, 0.3) is 0 Å². The maximum Gasteiger partial charge on any atom is 0.128 e. The van der Waals surface area contributed by atoms with Crippen molar-refractivity contribution in [3.63, 3.8) is 0 Å². The Hall–Kier alpha value is -1.13. The van der Waals surface area contributed by atoms with Crippen LogP contribution in [0.2, 0.25) is 0 Å². The fraction of sp³-hybridized carbons (Fsp3) is 0.583. The second kappa shape index (κ2) is 5.82. The van der Waals surface area contributed by atoms with Gasteiger partial charge in [0, 0.05) is 26.4 Å². The van der Waals surface area contributed by atoms with Crippen LogP contribution in [0.1, 0.15) is 25.5 Å². The van der Waals surface area contributed by atoms with Gasteiger partial charge in [-0.25, -0.2) is 4.98 Å². The molecule has 1 aromatic heterocycles. The lowest BCUT2D eigenvalue weighted by atomic mass is 10.1. The van der Waals surface area contributed by atoms with Crippen molar-refractivity contribution < 1.29 is 4.74 Å². The number of methoxy groups -OCH3 is 1. The summed E-state index contributed by atoms with van der Waals surface area (Å²) in [5.74, 6) is 0.930. The number of likely N-dealkylation sites (N-methyl/N-ethyl adjacent to an activating group) is 1. The van der Waals surface area contributed by atoms with E-state index in [0.717, 1.165) is 11.4 Å². The predicted octanol–water partition coefficient (Wildman–Crippen LogP) is 1.57. The van der Waals surface area contributed by atoms with Crippen LogP contribution in [0, 0.1) is 0 Å². The topological polar surface area (TPSA) is 51.4 Å². The van der Waals surface area contributed by atoms with Gasteiger partial charge in [-0.1, -0.05) is 0 Å². The summed E-state index contributed by atoms with van der Waals surface area (Å²) in [6, 6.07) is 4.30. The van der Waals surface area contributed by atoms with Crippen molar-refractivity contribution in [2.45, 2.75) is 25.9 Å². The third-order valence-electron chi connectivity index (χ3n) is 2.73. The van der Waals surface area contributed by atoms with Crippen LogP contribution in [-0.2, 0) is 4.74 Å². The molecule has 2 unspecified atom stereocenters. The van der Waals surface area contributed by atoms with Crippen molar-refractivity contribution in [1.82, 2.24) is 4.98 Å². The van der Waals surface area contributed by atoms with Crippen LogP contribution in [0.15, 0.2) is 18.3 Å². The van der Waals surface area contributed by atoms with Crippen molar-refractivity contribution in [3.05, 3.63) is 23.9 Å². The molecule has 16 heavy (non-hydrogen) atoms. The van der Waals surface area contributed by atoms with Gasteiger partial charge in [-0.15, -0.1) is 0 Å². The zero-order valence-electron chi connectivity index (χ0n) is 10.5. The Morgan fingerprint density at radius 3 is 2.75 bits per heavy atom. The number of anilines is 1. The average molecular weight is 223 g/mol. The van der Waals surface area contributed by atoms with E-state index in [1.807, 2.05) is 26.1 Å². The highest BCUT2D eigenvalue weighted by atomic mass is 16.5. The molecule has 0 aromatic carbocycles. The van der Waals surface area contributed by atoms with E-state index in [1.165, 1.54) is 0 Å². The molecule has 4 nitrogen and oxygen atoms in total. The summed E-state index contributed by atoms with van der Waals surface area (Å²) in [7, 11) is 3.72. The molecule has 0 aliphatic rings. The van der Waals surface area contributed by atoms with Gasteiger partial charge >= 0.3 is 0 Å². The van der Waals surface area contributed by atoms with E-state index < -0.39 is 0 Å². The molecule has 0 amide bonds. The molecule has 0 saturated carbocycles. The number of hydrogen-bond donors (Lipinski definition) is 1. The summed E-state index contributed by atoms with van der Waals surface area (Å²) in [6.07, 6.45) is 1.80. The Kier molecular flexibility index (Phi) is 4.71. The van der Waals surface area contributed by atoms with E-state index in [1.54, 1.807) is 13.3 Å². The summed E-state index contributed by atoms with van der Waals surface area (Å²) >= 11 is 0. The summed E-state index contributed by atoms with van der Waals surface area (Å²) in [5, 5.41) is 0. The van der Waals surface area contributed by atoms with Crippen molar-refractivity contribution in [3.8, 4) is 0 Å². The summed E-state index contributed by atoms with van der Waals surface area (Å²) in [4.78, 5) is 6.43. The minimum absolute atomic E-state index is 0.0351. The van der Waals surface area contributed by atoms with Crippen molar-refractivity contribution >= 4 is 5.82 Å². The van der Waals surface area contributed by atoms with E-state index in [4.69, 9.17) is 10.5 Å². The summed E-state index contributed by atoms with van der Waals surface area (Å²) < 4.78 is 5.13. The summed E-state index contributed by atoms with van der Waals surface area (Å²) in [5.41, 5.74) is 6.95. The van der Waals surface area contributed by atoms with Crippen LogP contribution in [0.25, 0.3) is 0 Å². The number of nitrogens with zero attached hydrogens (tertiary/aromatic N) is 2. The average Bonchev–Trinajstić information content (AvgIpc) is 2.28. The van der Waals surface area contributed by atoms with Gasteiger partial charge in [-0.2, -0.15) is 0 Å². The number of ether oxygens (including phenoxy) is 1. The Morgan fingerprint density at radius 2 is 2.19 bits per heavy atom. The Balaban J connectivity index is 2.82. The first-order valence-electron chi connectivity index (χ1n) is 5.49. The maximum atomic E-state index is 5.85. The van der Waals surface area contributed by atoms with Gasteiger partial charge < -0.3 is 15.4 Å². The Bertz CT molecular complexity index is 328. The minimum atomic E-state index is 0.0351. The standard InChI is InChI=1S/C12H21N3O/c1-9(8-16-4)15(3)12-7-11(10(2)13)5-6-14-12/h5-7,9-10H,8,13H2,1-4H3. The van der Waals surface area contributed by atoms with Gasteiger partial charge in [0.15, 0.2) is 0 Å². The molecule has 4 heteroatoms. The van der Waals surface area contributed by atoms with Gasteiger partial charge in [0.1, 0.15) is 5.82 Å². The number of aromatic nitrogens is 1. The molecule has 2 atom stereocenters. The first kappa shape index (κ1) is 12.9. The zero-order valence-corrected chi connectivity index (χ0v) is 10.5. The third-order valence-corrected chi connectivity index (χ3v) is 2.73. The van der Waals surface area contributed by atoms with Crippen LogP contribution < -0.4 is 10.6 Å². The second-order valence-corrected chi connectivity index (χ2v) is 4.15. The highest BCUT2D eigenvalue weighted by Crippen LogP contribution is 2.17. The second-order valence-electron chi connectivity index (χ2n) is 4.15. The zero-order chi connectivity index (χ0) is 12.1. The number of hydrogen-bond acceptors (Lipinski definition) is 4. The molecule has 90 valence electrons. The molecule has 1 heterocycles. The fourth-order valence-electron chi connectivity index (χ4n) is 1.49. The van der Waals surface area contributed by atoms with Crippen molar-refractivity contribution in [2.75, 3.05) is 25.7 Å². The van der Waals surface area contributed by atoms with Crippen molar-refractivity contribution in [1.29, 1.82) is 0 Å². The van der Waals surface area contributed by atoms with E-state index >= 15 is 0 Å². The van der Waals surface area contributed by atoms with Crippen LogP contribution in [-0.4, -0.2) is 31.8 Å². The fourth-order valence-corrected chi connectivity index (χ4v) is 1.49. The largest absolute Gasteiger partial charge is 0.383 e. The van der Waals surface area contributed by atoms with Gasteiger partial charge in [0.05, 0.1) is 12.6 Å². The van der Waals surface area contributed by atoms with Crippen LogP contribution >= 0.6 is 0 Å². The van der Waals surface area contributed by atoms with E-state index in [0.29, 0.717) is 12.6 Å².